The van der Waals surface area contributed by atoms with Crippen LogP contribution in [0.5, 0.6) is 0 Å². The molecule has 47 heavy (non-hydrogen) atoms. The molecule has 0 radical (unpaired) electrons. The van der Waals surface area contributed by atoms with E-state index in [0.29, 0.717) is 5.89 Å². The van der Waals surface area contributed by atoms with Gasteiger partial charge in [-0.3, -0.25) is 0 Å². The lowest BCUT2D eigenvalue weighted by Gasteiger charge is -2.29. The van der Waals surface area contributed by atoms with Gasteiger partial charge in [-0.15, -0.1) is 0 Å². The lowest BCUT2D eigenvalue weighted by Crippen LogP contribution is -2.16. The Morgan fingerprint density at radius 2 is 1.11 bits per heavy atom. The summed E-state index contributed by atoms with van der Waals surface area (Å²) < 4.78 is 6.47. The van der Waals surface area contributed by atoms with Gasteiger partial charge in [0, 0.05) is 33.1 Å². The van der Waals surface area contributed by atoms with Crippen molar-refractivity contribution in [2.24, 2.45) is 0 Å². The Morgan fingerprint density at radius 1 is 0.511 bits per heavy atom. The van der Waals surface area contributed by atoms with Crippen LogP contribution >= 0.6 is 0 Å². The average molecular weight is 605 g/mol. The molecule has 1 aliphatic rings. The summed E-state index contributed by atoms with van der Waals surface area (Å²) in [7, 11) is 0. The van der Waals surface area contributed by atoms with Gasteiger partial charge in [0.05, 0.1) is 5.69 Å². The molecule has 7 aromatic carbocycles. The summed E-state index contributed by atoms with van der Waals surface area (Å²) in [4.78, 5) is 7.41. The van der Waals surface area contributed by atoms with Crippen LogP contribution in [0, 0.1) is 0 Å². The smallest absolute Gasteiger partial charge is 0.227 e. The highest BCUT2D eigenvalue weighted by Gasteiger charge is 2.36. The number of benzene rings is 7. The number of oxazole rings is 1. The zero-order chi connectivity index (χ0) is 31.5. The molecular weight excluding hydrogens is 572 g/mol. The molecule has 1 aliphatic carbocycles. The van der Waals surface area contributed by atoms with E-state index in [2.05, 4.69) is 146 Å². The van der Waals surface area contributed by atoms with Gasteiger partial charge in [0.15, 0.2) is 5.58 Å². The fourth-order valence-electron chi connectivity index (χ4n) is 7.32. The Balaban J connectivity index is 1.28. The molecule has 3 heteroatoms. The van der Waals surface area contributed by atoms with E-state index in [4.69, 9.17) is 9.40 Å². The largest absolute Gasteiger partial charge is 0.435 e. The molecule has 0 saturated heterocycles. The Labute approximate surface area is 274 Å². The third kappa shape index (κ3) is 4.39. The topological polar surface area (TPSA) is 29.3 Å². The van der Waals surface area contributed by atoms with Crippen LogP contribution in [-0.2, 0) is 5.41 Å². The maximum Gasteiger partial charge on any atom is 0.227 e. The molecule has 0 bridgehead atoms. The van der Waals surface area contributed by atoms with E-state index in [1.54, 1.807) is 0 Å². The number of nitrogens with zero attached hydrogens (tertiary/aromatic N) is 2. The summed E-state index contributed by atoms with van der Waals surface area (Å²) in [6.07, 6.45) is 0. The minimum absolute atomic E-state index is 0.118. The molecule has 0 fully saturated rings. The average Bonchev–Trinajstić information content (AvgIpc) is 3.66. The summed E-state index contributed by atoms with van der Waals surface area (Å²) in [5.41, 5.74) is 13.4. The highest BCUT2D eigenvalue weighted by Crippen LogP contribution is 2.51. The molecule has 3 nitrogen and oxygen atoms in total. The Morgan fingerprint density at radius 3 is 1.87 bits per heavy atom. The van der Waals surface area contributed by atoms with E-state index >= 15 is 0 Å². The van der Waals surface area contributed by atoms with Crippen molar-refractivity contribution in [2.45, 2.75) is 19.3 Å². The van der Waals surface area contributed by atoms with Crippen molar-refractivity contribution in [3.05, 3.63) is 169 Å². The predicted molar refractivity (Wildman–Crippen MR) is 195 cm³/mol. The monoisotopic (exact) mass is 604 g/mol. The summed E-state index contributed by atoms with van der Waals surface area (Å²) in [6, 6.07) is 56.0. The Hall–Kier alpha value is -5.93. The van der Waals surface area contributed by atoms with Crippen LogP contribution in [0.1, 0.15) is 25.0 Å². The van der Waals surface area contributed by atoms with E-state index in [1.807, 2.05) is 30.3 Å². The first-order chi connectivity index (χ1) is 23.1. The molecular formula is C44H32N2O. The summed E-state index contributed by atoms with van der Waals surface area (Å²) in [6.45, 7) is 4.67. The van der Waals surface area contributed by atoms with Crippen LogP contribution < -0.4 is 4.90 Å². The molecule has 1 heterocycles. The van der Waals surface area contributed by atoms with E-state index in [-0.39, 0.29) is 5.41 Å². The fraction of sp³-hybridized carbons (Fsp3) is 0.0682. The first-order valence-corrected chi connectivity index (χ1v) is 16.1. The van der Waals surface area contributed by atoms with Crippen molar-refractivity contribution in [1.82, 2.24) is 4.98 Å². The first-order valence-electron chi connectivity index (χ1n) is 16.1. The Kier molecular flexibility index (Phi) is 6.16. The molecule has 8 aromatic rings. The number of fused-ring (bicyclic) bond motifs is 6. The van der Waals surface area contributed by atoms with Gasteiger partial charge in [-0.1, -0.05) is 129 Å². The van der Waals surface area contributed by atoms with E-state index < -0.39 is 0 Å². The van der Waals surface area contributed by atoms with E-state index in [1.165, 1.54) is 33.4 Å². The highest BCUT2D eigenvalue weighted by molar-refractivity contribution is 6.12. The predicted octanol–water partition coefficient (Wildman–Crippen LogP) is 12.1. The molecule has 0 spiro atoms. The van der Waals surface area contributed by atoms with Crippen molar-refractivity contribution in [3.63, 3.8) is 0 Å². The molecule has 0 atom stereocenters. The maximum absolute atomic E-state index is 6.47. The van der Waals surface area contributed by atoms with Crippen molar-refractivity contribution >= 4 is 38.9 Å². The molecule has 0 saturated carbocycles. The quantitative estimate of drug-likeness (QED) is 0.196. The number of hydrogen-bond donors (Lipinski definition) is 0. The zero-order valence-corrected chi connectivity index (χ0v) is 26.3. The van der Waals surface area contributed by atoms with Gasteiger partial charge >= 0.3 is 0 Å². The number of rotatable bonds is 5. The van der Waals surface area contributed by atoms with Crippen molar-refractivity contribution in [1.29, 1.82) is 0 Å². The first kappa shape index (κ1) is 27.4. The van der Waals surface area contributed by atoms with E-state index in [0.717, 1.165) is 44.5 Å². The van der Waals surface area contributed by atoms with Gasteiger partial charge in [-0.05, 0) is 75.8 Å². The van der Waals surface area contributed by atoms with Crippen LogP contribution in [-0.4, -0.2) is 4.98 Å². The molecule has 0 amide bonds. The van der Waals surface area contributed by atoms with Gasteiger partial charge in [0.2, 0.25) is 5.89 Å². The highest BCUT2D eigenvalue weighted by atomic mass is 16.3. The molecule has 1 aromatic heterocycles. The van der Waals surface area contributed by atoms with Crippen LogP contribution in [0.25, 0.3) is 55.6 Å². The minimum atomic E-state index is -0.118. The number of hydrogen-bond acceptors (Lipinski definition) is 3. The second kappa shape index (κ2) is 10.6. The second-order valence-corrected chi connectivity index (χ2v) is 12.8. The summed E-state index contributed by atoms with van der Waals surface area (Å²) >= 11 is 0. The van der Waals surface area contributed by atoms with Gasteiger partial charge in [-0.2, -0.15) is 0 Å². The number of aromatic nitrogens is 1. The third-order valence-corrected chi connectivity index (χ3v) is 9.69. The molecule has 0 aliphatic heterocycles. The lowest BCUT2D eigenvalue weighted by molar-refractivity contribution is 0.623. The van der Waals surface area contributed by atoms with Gasteiger partial charge in [-0.25, -0.2) is 4.98 Å². The molecule has 0 unspecified atom stereocenters. The van der Waals surface area contributed by atoms with Crippen molar-refractivity contribution in [2.75, 3.05) is 4.90 Å². The SMILES string of the molecule is CC1(C)c2ccccc2-c2ccc(N(c3ccc(-c4ccccc4)cc3)c3cc4nc(-c5ccccc5)oc4c4ccccc34)cc21. The van der Waals surface area contributed by atoms with Crippen molar-refractivity contribution < 1.29 is 4.42 Å². The molecule has 9 rings (SSSR count). The second-order valence-electron chi connectivity index (χ2n) is 12.8. The molecule has 0 N–H and O–H groups in total. The van der Waals surface area contributed by atoms with Crippen LogP contribution in [0.2, 0.25) is 0 Å². The summed E-state index contributed by atoms with van der Waals surface area (Å²) in [5, 5.41) is 2.14. The lowest BCUT2D eigenvalue weighted by atomic mass is 9.82. The van der Waals surface area contributed by atoms with Crippen molar-refractivity contribution in [3.8, 4) is 33.7 Å². The standard InChI is InChI=1S/C44H32N2O/c1-44(2)38-20-12-11-17-34(38)35-26-25-33(27-39(35)44)46(32-23-21-30(22-24-32)29-13-5-3-6-14-29)41-28-40-42(37-19-10-9-18-36(37)41)47-43(45-40)31-15-7-4-8-16-31/h3-28H,1-2H3. The normalized spacial score (nSPS) is 13.1. The van der Waals surface area contributed by atoms with Crippen LogP contribution in [0.4, 0.5) is 17.1 Å². The Bertz CT molecular complexity index is 2420. The number of anilines is 3. The zero-order valence-electron chi connectivity index (χ0n) is 26.3. The fourth-order valence-corrected chi connectivity index (χ4v) is 7.32. The van der Waals surface area contributed by atoms with Crippen LogP contribution in [0.15, 0.2) is 162 Å². The van der Waals surface area contributed by atoms with Gasteiger partial charge in [0.1, 0.15) is 5.52 Å². The summed E-state index contributed by atoms with van der Waals surface area (Å²) in [5.74, 6) is 0.624. The third-order valence-electron chi connectivity index (χ3n) is 9.69. The van der Waals surface area contributed by atoms with Gasteiger partial charge in [0.25, 0.3) is 0 Å². The van der Waals surface area contributed by atoms with Gasteiger partial charge < -0.3 is 9.32 Å². The minimum Gasteiger partial charge on any atom is -0.435 e. The maximum atomic E-state index is 6.47. The van der Waals surface area contributed by atoms with E-state index in [9.17, 15) is 0 Å². The molecule has 224 valence electrons. The van der Waals surface area contributed by atoms with Crippen LogP contribution in [0.3, 0.4) is 0 Å².